The molecule has 0 atom stereocenters. The number of nitrogens with zero attached hydrogens (tertiary/aromatic N) is 1. The van der Waals surface area contributed by atoms with Crippen LogP contribution in [0.5, 0.6) is 0 Å². The van der Waals surface area contributed by atoms with Crippen LogP contribution in [0.25, 0.3) is 0 Å². The number of benzene rings is 2. The minimum absolute atomic E-state index is 0.0226. The summed E-state index contributed by atoms with van der Waals surface area (Å²) in [4.78, 5) is 28.2. The largest absolute Gasteiger partial charge is 0.380 e. The molecule has 2 aromatic carbocycles. The van der Waals surface area contributed by atoms with Gasteiger partial charge < -0.3 is 19.9 Å². The van der Waals surface area contributed by atoms with Gasteiger partial charge in [-0.1, -0.05) is 37.3 Å². The first-order chi connectivity index (χ1) is 14.1. The lowest BCUT2D eigenvalue weighted by molar-refractivity contribution is -0.895. The lowest BCUT2D eigenvalue weighted by atomic mass is 10.1. The molecule has 0 radical (unpaired) electrons. The fraction of sp³-hybridized carbons (Fsp3) is 0.391. The van der Waals surface area contributed by atoms with Crippen LogP contribution >= 0.6 is 0 Å². The van der Waals surface area contributed by atoms with E-state index in [0.717, 1.165) is 36.3 Å². The summed E-state index contributed by atoms with van der Waals surface area (Å²) in [5.74, 6) is 0.0729. The van der Waals surface area contributed by atoms with Crippen molar-refractivity contribution in [2.45, 2.75) is 20.0 Å². The normalized spacial score (nSPS) is 14.6. The van der Waals surface area contributed by atoms with Gasteiger partial charge in [0, 0.05) is 18.4 Å². The third-order valence-corrected chi connectivity index (χ3v) is 5.35. The number of ether oxygens (including phenoxy) is 1. The molecule has 0 unspecified atom stereocenters. The number of rotatable bonds is 7. The van der Waals surface area contributed by atoms with Crippen molar-refractivity contribution in [3.05, 3.63) is 65.2 Å². The van der Waals surface area contributed by atoms with Crippen LogP contribution in [0, 0.1) is 0 Å². The Morgan fingerprint density at radius 3 is 2.41 bits per heavy atom. The summed E-state index contributed by atoms with van der Waals surface area (Å²) in [6.07, 6.45) is 0.885. The second-order valence-electron chi connectivity index (χ2n) is 7.41. The Morgan fingerprint density at radius 1 is 1.07 bits per heavy atom. The predicted molar refractivity (Wildman–Crippen MR) is 113 cm³/mol. The van der Waals surface area contributed by atoms with Crippen molar-refractivity contribution in [3.63, 3.8) is 0 Å². The van der Waals surface area contributed by atoms with Crippen LogP contribution in [-0.2, 0) is 22.6 Å². The molecule has 1 aliphatic heterocycles. The van der Waals surface area contributed by atoms with Crippen molar-refractivity contribution < 1.29 is 19.2 Å². The fourth-order valence-corrected chi connectivity index (χ4v) is 3.67. The van der Waals surface area contributed by atoms with Crippen molar-refractivity contribution in [3.8, 4) is 0 Å². The molecule has 2 amide bonds. The lowest BCUT2D eigenvalue weighted by Gasteiger charge is -2.32. The number of hydrogen-bond donors (Lipinski definition) is 2. The van der Waals surface area contributed by atoms with Gasteiger partial charge in [-0.3, -0.25) is 9.59 Å². The molecule has 0 spiro atoms. The number of quaternary nitrogens is 1. The Morgan fingerprint density at radius 2 is 1.76 bits per heavy atom. The van der Waals surface area contributed by atoms with E-state index in [1.165, 1.54) is 4.90 Å². The summed E-state index contributed by atoms with van der Waals surface area (Å²) in [5, 5.41) is 3.03. The standard InChI is InChI=1S/C23H29N3O3/c1-3-19-6-4-5-7-21(19)24-22(27)16-25-12-14-26(15-13-25)23(28)20-10-8-18(9-11-20)17-29-2/h4-11H,3,12-17H2,1-2H3,(H,24,27)/p+1. The lowest BCUT2D eigenvalue weighted by Crippen LogP contribution is -3.15. The highest BCUT2D eigenvalue weighted by Gasteiger charge is 2.26. The molecule has 0 saturated carbocycles. The number of methoxy groups -OCH3 is 1. The maximum atomic E-state index is 12.7. The van der Waals surface area contributed by atoms with E-state index in [-0.39, 0.29) is 11.8 Å². The molecule has 0 aromatic heterocycles. The Balaban J connectivity index is 1.48. The van der Waals surface area contributed by atoms with Gasteiger partial charge in [0.05, 0.1) is 32.8 Å². The molecule has 29 heavy (non-hydrogen) atoms. The summed E-state index contributed by atoms with van der Waals surface area (Å²) in [6.45, 7) is 5.91. The number of aryl methyl sites for hydroxylation is 1. The van der Waals surface area contributed by atoms with Gasteiger partial charge in [0.1, 0.15) is 0 Å². The van der Waals surface area contributed by atoms with Crippen molar-refractivity contribution in [1.29, 1.82) is 0 Å². The molecule has 6 nitrogen and oxygen atoms in total. The number of carbonyl (C=O) groups excluding carboxylic acids is 2. The van der Waals surface area contributed by atoms with E-state index in [1.54, 1.807) is 7.11 Å². The minimum Gasteiger partial charge on any atom is -0.380 e. The zero-order valence-electron chi connectivity index (χ0n) is 17.2. The van der Waals surface area contributed by atoms with E-state index < -0.39 is 0 Å². The zero-order chi connectivity index (χ0) is 20.6. The van der Waals surface area contributed by atoms with Gasteiger partial charge in [0.25, 0.3) is 11.8 Å². The number of carbonyl (C=O) groups is 2. The average molecular weight is 397 g/mol. The number of piperazine rings is 1. The maximum absolute atomic E-state index is 12.7. The van der Waals surface area contributed by atoms with Crippen molar-refractivity contribution in [2.75, 3.05) is 45.2 Å². The molecule has 0 aliphatic carbocycles. The van der Waals surface area contributed by atoms with E-state index in [4.69, 9.17) is 4.74 Å². The Kier molecular flexibility index (Phi) is 7.38. The summed E-state index contributed by atoms with van der Waals surface area (Å²) < 4.78 is 5.11. The zero-order valence-corrected chi connectivity index (χ0v) is 17.2. The number of amides is 2. The maximum Gasteiger partial charge on any atom is 0.279 e. The summed E-state index contributed by atoms with van der Waals surface area (Å²) in [7, 11) is 1.66. The molecule has 6 heteroatoms. The first-order valence-corrected chi connectivity index (χ1v) is 10.2. The van der Waals surface area contributed by atoms with Crippen LogP contribution < -0.4 is 10.2 Å². The van der Waals surface area contributed by atoms with E-state index in [1.807, 2.05) is 53.4 Å². The van der Waals surface area contributed by atoms with Gasteiger partial charge in [0.15, 0.2) is 6.54 Å². The fourth-order valence-electron chi connectivity index (χ4n) is 3.67. The van der Waals surface area contributed by atoms with Crippen molar-refractivity contribution >= 4 is 17.5 Å². The van der Waals surface area contributed by atoms with Crippen molar-refractivity contribution in [1.82, 2.24) is 4.90 Å². The highest BCUT2D eigenvalue weighted by atomic mass is 16.5. The first-order valence-electron chi connectivity index (χ1n) is 10.2. The van der Waals surface area contributed by atoms with Gasteiger partial charge >= 0.3 is 0 Å². The van der Waals surface area contributed by atoms with Crippen LogP contribution in [0.1, 0.15) is 28.4 Å². The molecule has 1 heterocycles. The predicted octanol–water partition coefficient (Wildman–Crippen LogP) is 1.37. The van der Waals surface area contributed by atoms with E-state index >= 15 is 0 Å². The Labute approximate surface area is 172 Å². The number of hydrogen-bond acceptors (Lipinski definition) is 3. The highest BCUT2D eigenvalue weighted by molar-refractivity contribution is 5.94. The Hall–Kier alpha value is -2.70. The van der Waals surface area contributed by atoms with Gasteiger partial charge in [0.2, 0.25) is 0 Å². The number of nitrogens with one attached hydrogen (secondary N) is 2. The summed E-state index contributed by atoms with van der Waals surface area (Å²) in [5.41, 5.74) is 3.78. The molecule has 0 bridgehead atoms. The quantitative estimate of drug-likeness (QED) is 0.743. The van der Waals surface area contributed by atoms with Crippen molar-refractivity contribution in [2.24, 2.45) is 0 Å². The van der Waals surface area contributed by atoms with Gasteiger partial charge in [-0.25, -0.2) is 0 Å². The molecule has 1 saturated heterocycles. The highest BCUT2D eigenvalue weighted by Crippen LogP contribution is 2.15. The molecule has 154 valence electrons. The first kappa shape index (κ1) is 21.0. The minimum atomic E-state index is 0.0226. The number of anilines is 1. The Bertz CT molecular complexity index is 828. The summed E-state index contributed by atoms with van der Waals surface area (Å²) >= 11 is 0. The van der Waals surface area contributed by atoms with Crippen LogP contribution in [0.4, 0.5) is 5.69 Å². The van der Waals surface area contributed by atoms with Gasteiger partial charge in [-0.2, -0.15) is 0 Å². The average Bonchev–Trinajstić information content (AvgIpc) is 2.75. The van der Waals surface area contributed by atoms with Crippen LogP contribution in [0.15, 0.2) is 48.5 Å². The third-order valence-electron chi connectivity index (χ3n) is 5.35. The molecule has 1 aliphatic rings. The second-order valence-corrected chi connectivity index (χ2v) is 7.41. The van der Waals surface area contributed by atoms with Gasteiger partial charge in [-0.05, 0) is 35.7 Å². The monoisotopic (exact) mass is 396 g/mol. The molecular formula is C23H30N3O3+. The van der Waals surface area contributed by atoms with E-state index in [2.05, 4.69) is 12.2 Å². The molecule has 2 N–H and O–H groups in total. The summed E-state index contributed by atoms with van der Waals surface area (Å²) in [6, 6.07) is 15.5. The molecule has 1 fully saturated rings. The molecule has 2 aromatic rings. The van der Waals surface area contributed by atoms with Crippen LogP contribution in [-0.4, -0.2) is 56.5 Å². The van der Waals surface area contributed by atoms with Gasteiger partial charge in [-0.15, -0.1) is 0 Å². The topological polar surface area (TPSA) is 63.1 Å². The smallest absolute Gasteiger partial charge is 0.279 e. The van der Waals surface area contributed by atoms with E-state index in [9.17, 15) is 9.59 Å². The van der Waals surface area contributed by atoms with Crippen LogP contribution in [0.3, 0.4) is 0 Å². The van der Waals surface area contributed by atoms with E-state index in [0.29, 0.717) is 31.8 Å². The second kappa shape index (κ2) is 10.2. The molecular weight excluding hydrogens is 366 g/mol. The molecule has 3 rings (SSSR count). The SMILES string of the molecule is CCc1ccccc1NC(=O)C[NH+]1CCN(C(=O)c2ccc(COC)cc2)CC1. The number of para-hydroxylation sites is 1. The van der Waals surface area contributed by atoms with Crippen LogP contribution in [0.2, 0.25) is 0 Å². The third kappa shape index (κ3) is 5.65.